The van der Waals surface area contributed by atoms with Gasteiger partial charge in [-0.15, -0.1) is 0 Å². The SMILES string of the molecule is CCCNC(=O)CSc1nc(NC(=O)c2ccccc2)c2c(C)c(C)oc2n1. The lowest BCUT2D eigenvalue weighted by Crippen LogP contribution is -2.25. The highest BCUT2D eigenvalue weighted by Crippen LogP contribution is 2.31. The number of nitrogens with zero attached hydrogens (tertiary/aromatic N) is 2. The molecule has 0 aliphatic rings. The molecule has 0 fully saturated rings. The van der Waals surface area contributed by atoms with Crippen molar-refractivity contribution < 1.29 is 14.0 Å². The minimum atomic E-state index is -0.268. The Kier molecular flexibility index (Phi) is 6.30. The van der Waals surface area contributed by atoms with Crippen LogP contribution in [0.15, 0.2) is 39.9 Å². The molecule has 8 heteroatoms. The third-order valence-corrected chi connectivity index (χ3v) is 5.03. The van der Waals surface area contributed by atoms with Gasteiger partial charge in [0.1, 0.15) is 11.6 Å². The molecule has 2 aromatic heterocycles. The smallest absolute Gasteiger partial charge is 0.256 e. The lowest BCUT2D eigenvalue weighted by atomic mass is 10.2. The molecule has 0 unspecified atom stereocenters. The summed E-state index contributed by atoms with van der Waals surface area (Å²) in [4.78, 5) is 33.3. The van der Waals surface area contributed by atoms with Crippen molar-refractivity contribution in [2.75, 3.05) is 17.6 Å². The van der Waals surface area contributed by atoms with Gasteiger partial charge in [0.2, 0.25) is 11.6 Å². The predicted molar refractivity (Wildman–Crippen MR) is 110 cm³/mol. The van der Waals surface area contributed by atoms with Crippen LogP contribution in [0.4, 0.5) is 5.82 Å². The molecule has 2 N–H and O–H groups in total. The van der Waals surface area contributed by atoms with E-state index >= 15 is 0 Å². The Bertz CT molecular complexity index is 1000. The lowest BCUT2D eigenvalue weighted by Gasteiger charge is -2.08. The number of carbonyl (C=O) groups is 2. The van der Waals surface area contributed by atoms with E-state index < -0.39 is 0 Å². The fourth-order valence-corrected chi connectivity index (χ4v) is 3.27. The summed E-state index contributed by atoms with van der Waals surface area (Å²) in [6.45, 7) is 6.36. The van der Waals surface area contributed by atoms with Gasteiger partial charge in [-0.05, 0) is 32.4 Å². The van der Waals surface area contributed by atoms with Crippen LogP contribution < -0.4 is 10.6 Å². The zero-order chi connectivity index (χ0) is 20.1. The van der Waals surface area contributed by atoms with Crippen molar-refractivity contribution in [2.45, 2.75) is 32.3 Å². The number of carbonyl (C=O) groups excluding carboxylic acids is 2. The Morgan fingerprint density at radius 3 is 2.61 bits per heavy atom. The molecule has 146 valence electrons. The van der Waals surface area contributed by atoms with E-state index in [-0.39, 0.29) is 17.6 Å². The molecule has 3 rings (SSSR count). The summed E-state index contributed by atoms with van der Waals surface area (Å²) >= 11 is 1.20. The van der Waals surface area contributed by atoms with Gasteiger partial charge in [-0.1, -0.05) is 36.9 Å². The number of aromatic nitrogens is 2. The van der Waals surface area contributed by atoms with Gasteiger partial charge < -0.3 is 15.1 Å². The first-order valence-electron chi connectivity index (χ1n) is 9.03. The van der Waals surface area contributed by atoms with Crippen LogP contribution in [-0.4, -0.2) is 34.1 Å². The lowest BCUT2D eigenvalue weighted by molar-refractivity contribution is -0.118. The molecule has 0 saturated carbocycles. The summed E-state index contributed by atoms with van der Waals surface area (Å²) in [5, 5.41) is 6.71. The normalized spacial score (nSPS) is 10.8. The molecule has 0 spiro atoms. The fraction of sp³-hybridized carbons (Fsp3) is 0.300. The van der Waals surface area contributed by atoms with Crippen LogP contribution in [0.2, 0.25) is 0 Å². The van der Waals surface area contributed by atoms with Crippen molar-refractivity contribution in [2.24, 2.45) is 0 Å². The first-order chi connectivity index (χ1) is 13.5. The van der Waals surface area contributed by atoms with Gasteiger partial charge in [-0.3, -0.25) is 9.59 Å². The third-order valence-electron chi connectivity index (χ3n) is 4.18. The van der Waals surface area contributed by atoms with Crippen molar-refractivity contribution in [1.82, 2.24) is 15.3 Å². The zero-order valence-electron chi connectivity index (χ0n) is 16.0. The van der Waals surface area contributed by atoms with Crippen LogP contribution in [0.5, 0.6) is 0 Å². The molecule has 2 amide bonds. The molecule has 0 aliphatic heterocycles. The molecule has 0 saturated heterocycles. The number of hydrogen-bond acceptors (Lipinski definition) is 6. The summed E-state index contributed by atoms with van der Waals surface area (Å²) < 4.78 is 5.72. The van der Waals surface area contributed by atoms with E-state index in [1.54, 1.807) is 24.3 Å². The van der Waals surface area contributed by atoms with Crippen LogP contribution >= 0.6 is 11.8 Å². The number of thioether (sulfide) groups is 1. The van der Waals surface area contributed by atoms with E-state index in [2.05, 4.69) is 20.6 Å². The van der Waals surface area contributed by atoms with E-state index in [9.17, 15) is 9.59 Å². The summed E-state index contributed by atoms with van der Waals surface area (Å²) in [7, 11) is 0. The number of aryl methyl sites for hydroxylation is 2. The molecule has 1 aromatic carbocycles. The molecular formula is C20H22N4O3S. The number of nitrogens with one attached hydrogen (secondary N) is 2. The topological polar surface area (TPSA) is 97.1 Å². The summed E-state index contributed by atoms with van der Waals surface area (Å²) in [6.07, 6.45) is 0.874. The number of rotatable bonds is 7. The van der Waals surface area contributed by atoms with Crippen molar-refractivity contribution in [3.8, 4) is 0 Å². The fourth-order valence-electron chi connectivity index (χ4n) is 2.60. The standard InChI is InChI=1S/C20H22N4O3S/c1-4-10-21-15(25)11-28-20-23-17(16-12(2)13(3)27-19(16)24-20)22-18(26)14-8-6-5-7-9-14/h5-9H,4,10-11H2,1-3H3,(H,21,25)(H,22,23,24,26). The van der Waals surface area contributed by atoms with Crippen molar-refractivity contribution >= 4 is 40.5 Å². The molecule has 0 atom stereocenters. The van der Waals surface area contributed by atoms with Gasteiger partial charge in [0.15, 0.2) is 5.16 Å². The maximum absolute atomic E-state index is 12.6. The van der Waals surface area contributed by atoms with Crippen molar-refractivity contribution in [1.29, 1.82) is 0 Å². The van der Waals surface area contributed by atoms with Gasteiger partial charge in [0.05, 0.1) is 11.1 Å². The van der Waals surface area contributed by atoms with E-state index in [1.165, 1.54) is 11.8 Å². The first-order valence-corrected chi connectivity index (χ1v) is 10.0. The molecule has 0 bridgehead atoms. The number of hydrogen-bond donors (Lipinski definition) is 2. The first kappa shape index (κ1) is 19.9. The minimum absolute atomic E-state index is 0.0859. The quantitative estimate of drug-likeness (QED) is 0.465. The number of benzene rings is 1. The highest BCUT2D eigenvalue weighted by Gasteiger charge is 2.19. The summed E-state index contributed by atoms with van der Waals surface area (Å²) in [5.74, 6) is 0.927. The van der Waals surface area contributed by atoms with Crippen LogP contribution in [0.3, 0.4) is 0 Å². The second-order valence-electron chi connectivity index (χ2n) is 6.28. The van der Waals surface area contributed by atoms with Crippen LogP contribution in [0.1, 0.15) is 35.0 Å². The van der Waals surface area contributed by atoms with Crippen LogP contribution in [0, 0.1) is 13.8 Å². The largest absolute Gasteiger partial charge is 0.443 e. The van der Waals surface area contributed by atoms with E-state index in [0.717, 1.165) is 12.0 Å². The van der Waals surface area contributed by atoms with E-state index in [0.29, 0.717) is 39.9 Å². The van der Waals surface area contributed by atoms with Crippen LogP contribution in [-0.2, 0) is 4.79 Å². The monoisotopic (exact) mass is 398 g/mol. The Balaban J connectivity index is 1.88. The number of fused-ring (bicyclic) bond motifs is 1. The molecule has 7 nitrogen and oxygen atoms in total. The summed E-state index contributed by atoms with van der Waals surface area (Å²) in [6, 6.07) is 8.91. The average Bonchev–Trinajstić information content (AvgIpc) is 2.99. The highest BCUT2D eigenvalue weighted by atomic mass is 32.2. The van der Waals surface area contributed by atoms with E-state index in [4.69, 9.17) is 4.42 Å². The predicted octanol–water partition coefficient (Wildman–Crippen LogP) is 3.71. The maximum atomic E-state index is 12.6. The number of anilines is 1. The Morgan fingerprint density at radius 1 is 1.14 bits per heavy atom. The second kappa shape index (κ2) is 8.88. The minimum Gasteiger partial charge on any atom is -0.443 e. The van der Waals surface area contributed by atoms with Gasteiger partial charge in [0, 0.05) is 17.7 Å². The van der Waals surface area contributed by atoms with Crippen molar-refractivity contribution in [3.05, 3.63) is 47.2 Å². The van der Waals surface area contributed by atoms with Crippen LogP contribution in [0.25, 0.3) is 11.1 Å². The third kappa shape index (κ3) is 4.51. The molecule has 0 aliphatic carbocycles. The van der Waals surface area contributed by atoms with E-state index in [1.807, 2.05) is 26.8 Å². The molecule has 3 aromatic rings. The van der Waals surface area contributed by atoms with Gasteiger partial charge in [0.25, 0.3) is 5.91 Å². The van der Waals surface area contributed by atoms with Crippen molar-refractivity contribution in [3.63, 3.8) is 0 Å². The molecule has 0 radical (unpaired) electrons. The molecule has 28 heavy (non-hydrogen) atoms. The number of amides is 2. The highest BCUT2D eigenvalue weighted by molar-refractivity contribution is 7.99. The van der Waals surface area contributed by atoms with Gasteiger partial charge in [-0.25, -0.2) is 4.98 Å². The Morgan fingerprint density at radius 2 is 1.89 bits per heavy atom. The molecule has 2 heterocycles. The maximum Gasteiger partial charge on any atom is 0.256 e. The Hall–Kier alpha value is -2.87. The zero-order valence-corrected chi connectivity index (χ0v) is 16.9. The molecular weight excluding hydrogens is 376 g/mol. The summed E-state index contributed by atoms with van der Waals surface area (Å²) in [5.41, 5.74) is 1.79. The Labute approximate surface area is 167 Å². The second-order valence-corrected chi connectivity index (χ2v) is 7.22. The number of furan rings is 1. The van der Waals surface area contributed by atoms with Gasteiger partial charge >= 0.3 is 0 Å². The van der Waals surface area contributed by atoms with Gasteiger partial charge in [-0.2, -0.15) is 4.98 Å². The average molecular weight is 398 g/mol.